The van der Waals surface area contributed by atoms with E-state index in [0.29, 0.717) is 5.56 Å². The van der Waals surface area contributed by atoms with Crippen molar-refractivity contribution in [2.45, 2.75) is 97.2 Å². The van der Waals surface area contributed by atoms with Crippen LogP contribution < -0.4 is 14.2 Å². The summed E-state index contributed by atoms with van der Waals surface area (Å²) in [5, 5.41) is 2.44. The summed E-state index contributed by atoms with van der Waals surface area (Å²) in [7, 11) is -3.86. The van der Waals surface area contributed by atoms with E-state index in [2.05, 4.69) is 9.68 Å². The molecule has 7 atom stereocenters. The Morgan fingerprint density at radius 3 is 2.00 bits per heavy atom. The summed E-state index contributed by atoms with van der Waals surface area (Å²) in [6.07, 6.45) is -8.56. The fraction of sp³-hybridized carbons (Fsp3) is 0.486. The first-order valence-electron chi connectivity index (χ1n) is 16.5. The number of hydrogen-bond acceptors (Lipinski definition) is 17. The van der Waals surface area contributed by atoms with Gasteiger partial charge in [0, 0.05) is 34.1 Å². The van der Waals surface area contributed by atoms with Gasteiger partial charge in [0.25, 0.3) is 0 Å². The van der Waals surface area contributed by atoms with Crippen molar-refractivity contribution in [2.75, 3.05) is 13.7 Å². The molecule has 2 aromatic carbocycles. The van der Waals surface area contributed by atoms with Gasteiger partial charge in [-0.2, -0.15) is 4.21 Å². The summed E-state index contributed by atoms with van der Waals surface area (Å²) in [5.41, 5.74) is -0.713. The van der Waals surface area contributed by atoms with Crippen molar-refractivity contribution >= 4 is 52.0 Å². The van der Waals surface area contributed by atoms with E-state index in [4.69, 9.17) is 42.1 Å². The molecular formula is C35H43FN2O16S. The highest BCUT2D eigenvalue weighted by molar-refractivity contribution is 7.84. The Morgan fingerprint density at radius 1 is 0.855 bits per heavy atom. The van der Waals surface area contributed by atoms with E-state index >= 15 is 3.89 Å². The lowest BCUT2D eigenvalue weighted by Crippen LogP contribution is -2.63. The van der Waals surface area contributed by atoms with Crippen LogP contribution in [0.4, 0.5) is 14.4 Å². The highest BCUT2D eigenvalue weighted by Crippen LogP contribution is 2.35. The highest BCUT2D eigenvalue weighted by Gasteiger charge is 2.53. The Kier molecular flexibility index (Phi) is 15.3. The summed E-state index contributed by atoms with van der Waals surface area (Å²) in [4.78, 5) is 72.6. The lowest BCUT2D eigenvalue weighted by Gasteiger charge is -2.43. The normalized spacial score (nSPS) is 20.9. The molecular weight excluding hydrogens is 755 g/mol. The number of carbonyl (C=O) groups excluding carboxylic acids is 6. The number of para-hydroxylation sites is 1. The third kappa shape index (κ3) is 14.3. The number of nitrogens with zero attached hydrogens (tertiary/aromatic N) is 1. The molecule has 0 saturated carbocycles. The number of nitrogens with one attached hydrogen (secondary N) is 1. The lowest BCUT2D eigenvalue weighted by molar-refractivity contribution is -0.288. The lowest BCUT2D eigenvalue weighted by atomic mass is 9.98. The summed E-state index contributed by atoms with van der Waals surface area (Å²) in [5.74, 6) is -4.58. The molecule has 20 heteroatoms. The second-order valence-electron chi connectivity index (χ2n) is 12.8. The van der Waals surface area contributed by atoms with Crippen LogP contribution >= 0.6 is 0 Å². The van der Waals surface area contributed by atoms with Gasteiger partial charge in [-0.15, -0.1) is 4.36 Å². The molecule has 18 nitrogen and oxygen atoms in total. The molecule has 1 saturated heterocycles. The van der Waals surface area contributed by atoms with Crippen LogP contribution in [-0.4, -0.2) is 96.2 Å². The summed E-state index contributed by atoms with van der Waals surface area (Å²) >= 11 is 0. The third-order valence-corrected chi connectivity index (χ3v) is 7.82. The van der Waals surface area contributed by atoms with E-state index in [1.54, 1.807) is 20.8 Å². The monoisotopic (exact) mass is 798 g/mol. The molecule has 0 aliphatic carbocycles. The largest absolute Gasteiger partial charge is 0.467 e. The number of esters is 5. The summed E-state index contributed by atoms with van der Waals surface area (Å²) < 4.78 is 80.2. The van der Waals surface area contributed by atoms with Crippen LogP contribution in [0.2, 0.25) is 0 Å². The van der Waals surface area contributed by atoms with Gasteiger partial charge in [0.05, 0.1) is 7.11 Å². The zero-order valence-electron chi connectivity index (χ0n) is 31.3. The molecule has 0 radical (unpaired) electrons. The van der Waals surface area contributed by atoms with Crippen LogP contribution in [-0.2, 0) is 73.9 Å². The Bertz CT molecular complexity index is 1840. The molecule has 3 rings (SSSR count). The van der Waals surface area contributed by atoms with E-state index in [-0.39, 0.29) is 23.6 Å². The standard InChI is InChI=1S/C35H43FN2O16S/c1-19(39)47-18-28-29(48-20(2)40)30(49-21(3)41)31(50-22(4)42)33(52-28)51-27-12-10-9-11-25(27)38-55(36,45)54-24-15-13-23(14-16-24)17-26(32(43)46-8)37-34(44)53-35(5,6)7/h9-16,26,28-31,33H,17-18H2,1-8H3,(H,37,44)/t26-,28?,29-,30-,31+,33+,55?/m0/s1. The van der Waals surface area contributed by atoms with Crippen LogP contribution in [0.15, 0.2) is 52.9 Å². The second kappa shape index (κ2) is 19.2. The van der Waals surface area contributed by atoms with Gasteiger partial charge in [-0.1, -0.05) is 28.2 Å². The fourth-order valence-electron chi connectivity index (χ4n) is 5.00. The third-order valence-electron chi connectivity index (χ3n) is 7.00. The number of hydrogen-bond donors (Lipinski definition) is 1. The van der Waals surface area contributed by atoms with Crippen molar-refractivity contribution in [1.82, 2.24) is 5.32 Å². The molecule has 2 unspecified atom stereocenters. The molecule has 1 aliphatic heterocycles. The summed E-state index contributed by atoms with van der Waals surface area (Å²) in [6.45, 7) is 8.69. The van der Waals surface area contributed by atoms with Crippen LogP contribution in [0.5, 0.6) is 11.5 Å². The molecule has 0 bridgehead atoms. The molecule has 302 valence electrons. The zero-order valence-corrected chi connectivity index (χ0v) is 32.1. The predicted octanol–water partition coefficient (Wildman–Crippen LogP) is 3.74. The summed E-state index contributed by atoms with van der Waals surface area (Å²) in [6, 6.07) is 9.59. The second-order valence-corrected chi connectivity index (χ2v) is 14.0. The van der Waals surface area contributed by atoms with Gasteiger partial charge in [0.15, 0.2) is 12.2 Å². The van der Waals surface area contributed by atoms with Crippen LogP contribution in [0.25, 0.3) is 0 Å². The average molecular weight is 799 g/mol. The number of alkyl carbamates (subject to hydrolysis) is 1. The fourth-order valence-corrected chi connectivity index (χ4v) is 5.77. The van der Waals surface area contributed by atoms with Gasteiger partial charge < -0.3 is 47.4 Å². The molecule has 1 heterocycles. The van der Waals surface area contributed by atoms with E-state index in [1.807, 2.05) is 0 Å². The number of ether oxygens (including phenoxy) is 8. The van der Waals surface area contributed by atoms with Crippen LogP contribution in [0.3, 0.4) is 0 Å². The average Bonchev–Trinajstić information content (AvgIpc) is 3.05. The van der Waals surface area contributed by atoms with Crippen molar-refractivity contribution in [1.29, 1.82) is 0 Å². The molecule has 1 amide bonds. The van der Waals surface area contributed by atoms with Crippen molar-refractivity contribution in [3.05, 3.63) is 54.1 Å². The maximum atomic E-state index is 15.5. The minimum absolute atomic E-state index is 0.0501. The maximum absolute atomic E-state index is 15.5. The molecule has 0 aromatic heterocycles. The Labute approximate surface area is 316 Å². The van der Waals surface area contributed by atoms with Crippen molar-refractivity contribution in [3.63, 3.8) is 0 Å². The van der Waals surface area contributed by atoms with E-state index in [1.165, 1.54) is 48.5 Å². The predicted molar refractivity (Wildman–Crippen MR) is 186 cm³/mol. The van der Waals surface area contributed by atoms with Crippen LogP contribution in [0.1, 0.15) is 54.0 Å². The van der Waals surface area contributed by atoms with E-state index in [9.17, 15) is 33.0 Å². The molecule has 1 N–H and O–H groups in total. The van der Waals surface area contributed by atoms with E-state index in [0.717, 1.165) is 34.8 Å². The first-order chi connectivity index (χ1) is 25.7. The number of rotatable bonds is 14. The molecule has 2 aromatic rings. The van der Waals surface area contributed by atoms with Gasteiger partial charge >= 0.3 is 46.3 Å². The van der Waals surface area contributed by atoms with E-state index < -0.39 is 95.3 Å². The van der Waals surface area contributed by atoms with Gasteiger partial charge in [-0.3, -0.25) is 19.2 Å². The molecule has 55 heavy (non-hydrogen) atoms. The number of halogens is 1. The minimum atomic E-state index is -5.01. The number of benzene rings is 2. The Balaban J connectivity index is 1.90. The number of carbonyl (C=O) groups is 6. The smallest absolute Gasteiger partial charge is 0.408 e. The van der Waals surface area contributed by atoms with Crippen molar-refractivity contribution in [2.24, 2.45) is 4.36 Å². The van der Waals surface area contributed by atoms with Crippen LogP contribution in [0, 0.1) is 0 Å². The van der Waals surface area contributed by atoms with Gasteiger partial charge in [-0.05, 0) is 50.6 Å². The number of methoxy groups -OCH3 is 1. The Morgan fingerprint density at radius 2 is 1.44 bits per heavy atom. The van der Waals surface area contributed by atoms with Gasteiger partial charge in [0.1, 0.15) is 41.5 Å². The van der Waals surface area contributed by atoms with Gasteiger partial charge in [0.2, 0.25) is 12.4 Å². The first-order valence-corrected chi connectivity index (χ1v) is 17.9. The zero-order chi connectivity index (χ0) is 41.1. The minimum Gasteiger partial charge on any atom is -0.467 e. The SMILES string of the molecule is COC(=O)[C@H](Cc1ccc(OS(=O)(F)=Nc2ccccc2O[C@@H]2OC(COC(C)=O)[C@H](OC(C)=O)[C@H](OC(C)=O)[C@H]2OC(C)=O)cc1)NC(=O)OC(C)(C)C. The maximum Gasteiger partial charge on any atom is 0.408 e. The Hall–Kier alpha value is -5.50. The highest BCUT2D eigenvalue weighted by atomic mass is 32.3. The first kappa shape index (κ1) is 43.9. The molecule has 0 spiro atoms. The van der Waals surface area contributed by atoms with Crippen molar-refractivity contribution in [3.8, 4) is 11.5 Å². The quantitative estimate of drug-likeness (QED) is 0.163. The van der Waals surface area contributed by atoms with Gasteiger partial charge in [-0.25, -0.2) is 9.59 Å². The molecule has 1 fully saturated rings. The molecule has 1 aliphatic rings. The topological polar surface area (TPSA) is 227 Å². The van der Waals surface area contributed by atoms with Crippen molar-refractivity contribution < 1.29 is 78.9 Å². The number of amides is 1.